The molecule has 0 aliphatic carbocycles. The van der Waals surface area contributed by atoms with Crippen LogP contribution in [0.3, 0.4) is 0 Å². The Bertz CT molecular complexity index is 634. The smallest absolute Gasteiger partial charge is 0.304 e. The van der Waals surface area contributed by atoms with Crippen LogP contribution in [0, 0.1) is 5.82 Å². The van der Waals surface area contributed by atoms with E-state index in [-0.39, 0.29) is 22.6 Å². The highest BCUT2D eigenvalue weighted by molar-refractivity contribution is 7.90. The first kappa shape index (κ1) is 16.4. The van der Waals surface area contributed by atoms with Gasteiger partial charge < -0.3 is 9.84 Å². The summed E-state index contributed by atoms with van der Waals surface area (Å²) in [4.78, 5) is 10.6. The van der Waals surface area contributed by atoms with Crippen molar-refractivity contribution in [3.05, 3.63) is 23.5 Å². The molecule has 20 heavy (non-hydrogen) atoms. The molecule has 0 amide bonds. The van der Waals surface area contributed by atoms with Gasteiger partial charge >= 0.3 is 5.97 Å². The third-order valence-corrected chi connectivity index (χ3v) is 4.05. The van der Waals surface area contributed by atoms with Gasteiger partial charge in [-0.15, -0.1) is 0 Å². The summed E-state index contributed by atoms with van der Waals surface area (Å²) >= 11 is 0. The Labute approximate surface area is 117 Å². The fourth-order valence-corrected chi connectivity index (χ4v) is 2.89. The minimum Gasteiger partial charge on any atom is -0.495 e. The molecule has 0 saturated heterocycles. The van der Waals surface area contributed by atoms with Gasteiger partial charge in [-0.25, -0.2) is 12.8 Å². The maximum atomic E-state index is 13.7. The van der Waals surface area contributed by atoms with E-state index in [0.29, 0.717) is 0 Å². The molecule has 0 radical (unpaired) electrons. The summed E-state index contributed by atoms with van der Waals surface area (Å²) in [6.07, 6.45) is 0.661. The van der Waals surface area contributed by atoms with Crippen LogP contribution in [0.1, 0.15) is 25.8 Å². The number of carboxylic acids is 1. The molecule has 0 fully saturated rings. The van der Waals surface area contributed by atoms with Crippen LogP contribution in [0.5, 0.6) is 5.75 Å². The van der Waals surface area contributed by atoms with Crippen LogP contribution in [-0.4, -0.2) is 32.9 Å². The number of ether oxygens (including phenoxy) is 1. The van der Waals surface area contributed by atoms with Gasteiger partial charge in [-0.2, -0.15) is 0 Å². The zero-order valence-corrected chi connectivity index (χ0v) is 12.5. The lowest BCUT2D eigenvalue weighted by atomic mass is 9.81. The first-order valence-corrected chi connectivity index (χ1v) is 7.68. The highest BCUT2D eigenvalue weighted by atomic mass is 32.2. The van der Waals surface area contributed by atoms with Crippen LogP contribution in [0.15, 0.2) is 17.0 Å². The van der Waals surface area contributed by atoms with E-state index in [2.05, 4.69) is 0 Å². The summed E-state index contributed by atoms with van der Waals surface area (Å²) < 4.78 is 42.2. The Morgan fingerprint density at radius 2 is 1.95 bits per heavy atom. The predicted octanol–water partition coefficient (Wildman–Crippen LogP) is 1.99. The molecule has 112 valence electrons. The van der Waals surface area contributed by atoms with Crippen molar-refractivity contribution in [2.24, 2.45) is 0 Å². The average molecular weight is 304 g/mol. The molecule has 1 N–H and O–H groups in total. The number of carbonyl (C=O) groups is 1. The quantitative estimate of drug-likeness (QED) is 0.899. The summed E-state index contributed by atoms with van der Waals surface area (Å²) in [5.74, 6) is -1.83. The van der Waals surface area contributed by atoms with Gasteiger partial charge in [0.15, 0.2) is 9.84 Å². The largest absolute Gasteiger partial charge is 0.495 e. The molecule has 0 aliphatic heterocycles. The summed E-state index contributed by atoms with van der Waals surface area (Å²) in [5.41, 5.74) is -0.763. The molecule has 0 heterocycles. The van der Waals surface area contributed by atoms with E-state index >= 15 is 0 Å². The van der Waals surface area contributed by atoms with E-state index in [1.165, 1.54) is 7.11 Å². The molecular weight excluding hydrogens is 287 g/mol. The molecule has 0 aromatic heterocycles. The Hall–Kier alpha value is -1.63. The highest BCUT2D eigenvalue weighted by Gasteiger charge is 2.31. The Kier molecular flexibility index (Phi) is 4.43. The maximum absolute atomic E-state index is 13.7. The molecule has 1 aromatic carbocycles. The molecule has 1 aromatic rings. The lowest BCUT2D eigenvalue weighted by Crippen LogP contribution is -2.23. The van der Waals surface area contributed by atoms with E-state index in [4.69, 9.17) is 9.84 Å². The second kappa shape index (κ2) is 5.40. The fourth-order valence-electron chi connectivity index (χ4n) is 2.03. The number of rotatable bonds is 5. The molecule has 0 unspecified atom stereocenters. The van der Waals surface area contributed by atoms with Crippen LogP contribution >= 0.6 is 0 Å². The topological polar surface area (TPSA) is 80.7 Å². The van der Waals surface area contributed by atoms with Crippen molar-refractivity contribution in [3.8, 4) is 5.75 Å². The fraction of sp³-hybridized carbons (Fsp3) is 0.462. The minimum atomic E-state index is -3.69. The summed E-state index contributed by atoms with van der Waals surface area (Å²) in [5, 5.41) is 8.92. The predicted molar refractivity (Wildman–Crippen MR) is 71.3 cm³/mol. The van der Waals surface area contributed by atoms with Gasteiger partial charge in [-0.1, -0.05) is 13.8 Å². The Morgan fingerprint density at radius 3 is 2.35 bits per heavy atom. The number of methoxy groups -OCH3 is 1. The third-order valence-electron chi connectivity index (χ3n) is 2.95. The first-order valence-electron chi connectivity index (χ1n) is 5.79. The van der Waals surface area contributed by atoms with Crippen LogP contribution in [-0.2, 0) is 20.0 Å². The van der Waals surface area contributed by atoms with Crippen molar-refractivity contribution in [1.82, 2.24) is 0 Å². The molecule has 0 saturated carbocycles. The SMILES string of the molecule is COc1c(C(C)(C)CC(=O)O)cc(F)cc1S(C)(=O)=O. The molecule has 0 atom stereocenters. The van der Waals surface area contributed by atoms with Gasteiger partial charge in [0.2, 0.25) is 0 Å². The highest BCUT2D eigenvalue weighted by Crippen LogP contribution is 2.39. The first-order chi connectivity index (χ1) is 8.99. The van der Waals surface area contributed by atoms with E-state index in [1.54, 1.807) is 13.8 Å². The van der Waals surface area contributed by atoms with Crippen LogP contribution in [0.2, 0.25) is 0 Å². The van der Waals surface area contributed by atoms with Gasteiger partial charge in [0.05, 0.1) is 13.5 Å². The van der Waals surface area contributed by atoms with Gasteiger partial charge in [0.1, 0.15) is 16.5 Å². The molecule has 7 heteroatoms. The lowest BCUT2D eigenvalue weighted by molar-refractivity contribution is -0.138. The van der Waals surface area contributed by atoms with E-state index in [1.807, 2.05) is 0 Å². The standard InChI is InChI=1S/C13H17FO5S/c1-13(2,7-11(15)16)9-5-8(14)6-10(12(9)19-3)20(4,17)18/h5-6H,7H2,1-4H3,(H,15,16). The number of sulfone groups is 1. The van der Waals surface area contributed by atoms with Gasteiger partial charge in [-0.3, -0.25) is 4.79 Å². The van der Waals surface area contributed by atoms with Crippen molar-refractivity contribution < 1.29 is 27.4 Å². The zero-order valence-electron chi connectivity index (χ0n) is 11.7. The van der Waals surface area contributed by atoms with Gasteiger partial charge in [-0.05, 0) is 12.1 Å². The monoisotopic (exact) mass is 304 g/mol. The average Bonchev–Trinajstić information content (AvgIpc) is 2.24. The van der Waals surface area contributed by atoms with Crippen LogP contribution in [0.25, 0.3) is 0 Å². The molecule has 0 bridgehead atoms. The van der Waals surface area contributed by atoms with E-state index in [9.17, 15) is 17.6 Å². The van der Waals surface area contributed by atoms with E-state index in [0.717, 1.165) is 18.4 Å². The summed E-state index contributed by atoms with van der Waals surface area (Å²) in [6, 6.07) is 1.98. The van der Waals surface area contributed by atoms with Crippen molar-refractivity contribution >= 4 is 15.8 Å². The number of carboxylic acid groups (broad SMARTS) is 1. The summed E-state index contributed by atoms with van der Waals surface area (Å²) in [7, 11) is -2.43. The van der Waals surface area contributed by atoms with E-state index < -0.39 is 27.0 Å². The van der Waals surface area contributed by atoms with Gasteiger partial charge in [0, 0.05) is 17.2 Å². The minimum absolute atomic E-state index is 0.0137. The second-order valence-corrected chi connectivity index (χ2v) is 7.20. The van der Waals surface area contributed by atoms with Crippen LogP contribution in [0.4, 0.5) is 4.39 Å². The van der Waals surface area contributed by atoms with Crippen LogP contribution < -0.4 is 4.74 Å². The number of halogens is 1. The Balaban J connectivity index is 3.63. The maximum Gasteiger partial charge on any atom is 0.304 e. The number of benzene rings is 1. The molecule has 0 aliphatic rings. The third kappa shape index (κ3) is 3.47. The number of hydrogen-bond donors (Lipinski definition) is 1. The zero-order chi connectivity index (χ0) is 15.7. The van der Waals surface area contributed by atoms with Crippen molar-refractivity contribution in [3.63, 3.8) is 0 Å². The molecular formula is C13H17FO5S. The van der Waals surface area contributed by atoms with Crippen molar-refractivity contribution in [2.75, 3.05) is 13.4 Å². The van der Waals surface area contributed by atoms with Gasteiger partial charge in [0.25, 0.3) is 0 Å². The summed E-state index contributed by atoms with van der Waals surface area (Å²) in [6.45, 7) is 3.18. The normalized spacial score (nSPS) is 12.2. The Morgan fingerprint density at radius 1 is 1.40 bits per heavy atom. The van der Waals surface area contributed by atoms with Crippen molar-refractivity contribution in [1.29, 1.82) is 0 Å². The lowest BCUT2D eigenvalue weighted by Gasteiger charge is -2.26. The number of aliphatic carboxylic acids is 1. The number of hydrogen-bond acceptors (Lipinski definition) is 4. The molecule has 5 nitrogen and oxygen atoms in total. The molecule has 0 spiro atoms. The molecule has 1 rings (SSSR count). The second-order valence-electron chi connectivity index (χ2n) is 5.21. The van der Waals surface area contributed by atoms with Crippen molar-refractivity contribution in [2.45, 2.75) is 30.6 Å².